The van der Waals surface area contributed by atoms with Crippen molar-refractivity contribution in [2.45, 2.75) is 71.4 Å². The van der Waals surface area contributed by atoms with Crippen molar-refractivity contribution in [3.63, 3.8) is 0 Å². The number of rotatable bonds is 3. The second kappa shape index (κ2) is 6.73. The predicted octanol–water partition coefficient (Wildman–Crippen LogP) is 3.67. The zero-order valence-electron chi connectivity index (χ0n) is 15.3. The summed E-state index contributed by atoms with van der Waals surface area (Å²) in [5.41, 5.74) is -1.27. The first kappa shape index (κ1) is 19.3. The van der Waals surface area contributed by atoms with Crippen LogP contribution in [0.15, 0.2) is 5.38 Å². The molecule has 1 aromatic rings. The van der Waals surface area contributed by atoms with E-state index in [9.17, 15) is 9.59 Å². The maximum Gasteiger partial charge on any atom is 0.413 e. The number of amides is 1. The lowest BCUT2D eigenvalue weighted by atomic mass is 10.1. The van der Waals surface area contributed by atoms with Crippen LogP contribution in [-0.4, -0.2) is 39.2 Å². The van der Waals surface area contributed by atoms with Gasteiger partial charge in [-0.25, -0.2) is 9.78 Å². The summed E-state index contributed by atoms with van der Waals surface area (Å²) in [7, 11) is 0. The standard InChI is InChI=1S/C17H23N3O4S/c1-10-13(14-19-11(9-25-14)12(21)7-8-18)20(17(5,6)23-10)15(22)24-16(2,3)4/h9-10,13H,7H2,1-6H3/t10-,13+/m1/s1. The van der Waals surface area contributed by atoms with Crippen molar-refractivity contribution < 1.29 is 19.1 Å². The Labute approximate surface area is 151 Å². The summed E-state index contributed by atoms with van der Waals surface area (Å²) in [6.07, 6.45) is -1.03. The molecule has 2 atom stereocenters. The Morgan fingerprint density at radius 2 is 2.12 bits per heavy atom. The quantitative estimate of drug-likeness (QED) is 0.759. The van der Waals surface area contributed by atoms with E-state index in [-0.39, 0.29) is 24.0 Å². The van der Waals surface area contributed by atoms with Crippen LogP contribution in [0.25, 0.3) is 0 Å². The average molecular weight is 365 g/mol. The molecule has 0 bridgehead atoms. The molecular formula is C17H23N3O4S. The topological polar surface area (TPSA) is 92.5 Å². The average Bonchev–Trinajstić information content (AvgIpc) is 2.98. The van der Waals surface area contributed by atoms with Crippen LogP contribution in [0.1, 0.15) is 69.5 Å². The second-order valence-electron chi connectivity index (χ2n) is 7.39. The van der Waals surface area contributed by atoms with Gasteiger partial charge in [0.05, 0.1) is 12.2 Å². The van der Waals surface area contributed by atoms with Crippen LogP contribution >= 0.6 is 11.3 Å². The molecule has 8 heteroatoms. The van der Waals surface area contributed by atoms with Gasteiger partial charge in [-0.1, -0.05) is 0 Å². The monoisotopic (exact) mass is 365 g/mol. The Morgan fingerprint density at radius 3 is 2.68 bits per heavy atom. The highest BCUT2D eigenvalue weighted by Crippen LogP contribution is 2.43. The first-order valence-electron chi connectivity index (χ1n) is 8.02. The van der Waals surface area contributed by atoms with Crippen LogP contribution in [0.2, 0.25) is 0 Å². The number of hydrogen-bond acceptors (Lipinski definition) is 7. The van der Waals surface area contributed by atoms with E-state index in [0.29, 0.717) is 5.01 Å². The predicted molar refractivity (Wildman–Crippen MR) is 92.1 cm³/mol. The molecule has 0 aromatic carbocycles. The minimum Gasteiger partial charge on any atom is -0.444 e. The zero-order valence-corrected chi connectivity index (χ0v) is 16.1. The fourth-order valence-electron chi connectivity index (χ4n) is 2.79. The molecule has 1 aliphatic rings. The minimum absolute atomic E-state index is 0.221. The highest BCUT2D eigenvalue weighted by molar-refractivity contribution is 7.10. The fourth-order valence-corrected chi connectivity index (χ4v) is 3.79. The summed E-state index contributed by atoms with van der Waals surface area (Å²) in [5, 5.41) is 10.9. The minimum atomic E-state index is -0.866. The highest BCUT2D eigenvalue weighted by Gasteiger charge is 2.51. The van der Waals surface area contributed by atoms with Gasteiger partial charge in [0.2, 0.25) is 0 Å². The van der Waals surface area contributed by atoms with E-state index in [2.05, 4.69) is 4.98 Å². The molecule has 0 saturated carbocycles. The third kappa shape index (κ3) is 4.17. The number of nitriles is 1. The molecular weight excluding hydrogens is 342 g/mol. The summed E-state index contributed by atoms with van der Waals surface area (Å²) in [6, 6.07) is 1.37. The highest BCUT2D eigenvalue weighted by atomic mass is 32.1. The number of hydrogen-bond donors (Lipinski definition) is 0. The van der Waals surface area contributed by atoms with Crippen molar-refractivity contribution in [1.82, 2.24) is 9.88 Å². The summed E-state index contributed by atoms with van der Waals surface area (Å²) in [6.45, 7) is 10.8. The molecule has 1 amide bonds. The molecule has 0 spiro atoms. The molecule has 0 radical (unpaired) electrons. The van der Waals surface area contributed by atoms with Crippen molar-refractivity contribution in [3.8, 4) is 6.07 Å². The van der Waals surface area contributed by atoms with Crippen molar-refractivity contribution in [1.29, 1.82) is 5.26 Å². The molecule has 25 heavy (non-hydrogen) atoms. The Morgan fingerprint density at radius 1 is 1.48 bits per heavy atom. The van der Waals surface area contributed by atoms with Crippen LogP contribution in [0.3, 0.4) is 0 Å². The molecule has 0 N–H and O–H groups in total. The summed E-state index contributed by atoms with van der Waals surface area (Å²) >= 11 is 1.27. The second-order valence-corrected chi connectivity index (χ2v) is 8.28. The number of carbonyl (C=O) groups is 2. The molecule has 136 valence electrons. The Balaban J connectivity index is 2.35. The van der Waals surface area contributed by atoms with Crippen molar-refractivity contribution in [2.24, 2.45) is 0 Å². The molecule has 2 heterocycles. The van der Waals surface area contributed by atoms with Gasteiger partial charge in [0.25, 0.3) is 0 Å². The Bertz CT molecular complexity index is 714. The number of nitrogens with zero attached hydrogens (tertiary/aromatic N) is 3. The van der Waals surface area contributed by atoms with Crippen LogP contribution in [0.4, 0.5) is 4.79 Å². The number of ketones is 1. The molecule has 1 saturated heterocycles. The fraction of sp³-hybridized carbons (Fsp3) is 0.647. The van der Waals surface area contributed by atoms with E-state index in [4.69, 9.17) is 14.7 Å². The lowest BCUT2D eigenvalue weighted by Gasteiger charge is -2.34. The Kier molecular flexibility index (Phi) is 5.21. The van der Waals surface area contributed by atoms with Crippen LogP contribution in [0.5, 0.6) is 0 Å². The molecule has 1 aromatic heterocycles. The van der Waals surface area contributed by atoms with Gasteiger partial charge in [0.1, 0.15) is 34.5 Å². The number of thiazole rings is 1. The van der Waals surface area contributed by atoms with E-state index in [1.54, 1.807) is 40.0 Å². The molecule has 0 aliphatic carbocycles. The van der Waals surface area contributed by atoms with Crippen LogP contribution < -0.4 is 0 Å². The summed E-state index contributed by atoms with van der Waals surface area (Å²) < 4.78 is 11.5. The van der Waals surface area contributed by atoms with Gasteiger partial charge in [-0.2, -0.15) is 5.26 Å². The van der Waals surface area contributed by atoms with Crippen molar-refractivity contribution >= 4 is 23.2 Å². The number of Topliss-reactive ketones (excluding diaryl/α,β-unsaturated/α-hetero) is 1. The SMILES string of the molecule is C[C@H]1OC(C)(C)N(C(=O)OC(C)(C)C)[C@@H]1c1nc(C(=O)CC#N)cs1. The van der Waals surface area contributed by atoms with Gasteiger partial charge in [-0.05, 0) is 41.5 Å². The molecule has 1 fully saturated rings. The van der Waals surface area contributed by atoms with Crippen LogP contribution in [-0.2, 0) is 9.47 Å². The van der Waals surface area contributed by atoms with E-state index < -0.39 is 23.5 Å². The number of carbonyl (C=O) groups excluding carboxylic acids is 2. The first-order chi connectivity index (χ1) is 11.5. The van der Waals surface area contributed by atoms with Gasteiger partial charge >= 0.3 is 6.09 Å². The molecule has 2 rings (SSSR count). The third-order valence-corrected chi connectivity index (χ3v) is 4.58. The van der Waals surface area contributed by atoms with Crippen molar-refractivity contribution in [3.05, 3.63) is 16.1 Å². The zero-order chi connectivity index (χ0) is 19.0. The largest absolute Gasteiger partial charge is 0.444 e. The number of ether oxygens (including phenoxy) is 2. The molecule has 7 nitrogen and oxygen atoms in total. The van der Waals surface area contributed by atoms with Gasteiger partial charge in [-0.3, -0.25) is 9.69 Å². The normalized spacial score (nSPS) is 22.5. The van der Waals surface area contributed by atoms with Crippen molar-refractivity contribution in [2.75, 3.05) is 0 Å². The Hall–Kier alpha value is -1.98. The molecule has 0 unspecified atom stereocenters. The van der Waals surface area contributed by atoms with Gasteiger partial charge in [0, 0.05) is 5.38 Å². The van der Waals surface area contributed by atoms with E-state index in [1.165, 1.54) is 16.2 Å². The van der Waals surface area contributed by atoms with Gasteiger partial charge in [-0.15, -0.1) is 11.3 Å². The lowest BCUT2D eigenvalue weighted by molar-refractivity contribution is -0.0757. The lowest BCUT2D eigenvalue weighted by Crippen LogP contribution is -2.47. The maximum absolute atomic E-state index is 12.7. The molecule has 1 aliphatic heterocycles. The van der Waals surface area contributed by atoms with Gasteiger partial charge in [0.15, 0.2) is 5.78 Å². The maximum atomic E-state index is 12.7. The van der Waals surface area contributed by atoms with Gasteiger partial charge < -0.3 is 9.47 Å². The first-order valence-corrected chi connectivity index (χ1v) is 8.90. The smallest absolute Gasteiger partial charge is 0.413 e. The number of aromatic nitrogens is 1. The van der Waals surface area contributed by atoms with E-state index >= 15 is 0 Å². The van der Waals surface area contributed by atoms with E-state index in [0.717, 1.165) is 0 Å². The summed E-state index contributed by atoms with van der Waals surface area (Å²) in [4.78, 5) is 30.5. The third-order valence-electron chi connectivity index (χ3n) is 3.67. The summed E-state index contributed by atoms with van der Waals surface area (Å²) in [5.74, 6) is -0.334. The van der Waals surface area contributed by atoms with E-state index in [1.807, 2.05) is 13.0 Å². The van der Waals surface area contributed by atoms with Crippen LogP contribution in [0, 0.1) is 11.3 Å².